The van der Waals surface area contributed by atoms with E-state index >= 15 is 0 Å². The highest BCUT2D eigenvalue weighted by molar-refractivity contribution is 7.92. The summed E-state index contributed by atoms with van der Waals surface area (Å²) in [7, 11) is -2.05. The SMILES string of the molecule is CCCNC(=O)[C@@H](CC)N(Cc1ccc(Cl)c(Cl)c1)C(=O)CCCN(c1ccc(OC)cc1)S(C)(=O)=O. The van der Waals surface area contributed by atoms with E-state index in [1.807, 2.05) is 13.8 Å². The smallest absolute Gasteiger partial charge is 0.242 e. The van der Waals surface area contributed by atoms with Crippen molar-refractivity contribution in [1.29, 1.82) is 0 Å². The summed E-state index contributed by atoms with van der Waals surface area (Å²) < 4.78 is 31.3. The summed E-state index contributed by atoms with van der Waals surface area (Å²) in [5.74, 6) is 0.124. The Bertz CT molecular complexity index is 1160. The van der Waals surface area contributed by atoms with Gasteiger partial charge in [-0.1, -0.05) is 43.1 Å². The van der Waals surface area contributed by atoms with Crippen molar-refractivity contribution in [3.63, 3.8) is 0 Å². The van der Waals surface area contributed by atoms with Crippen molar-refractivity contribution in [2.45, 2.75) is 52.1 Å². The molecule has 0 aliphatic carbocycles. The van der Waals surface area contributed by atoms with Crippen LogP contribution in [-0.2, 0) is 26.2 Å². The number of rotatable bonds is 14. The molecule has 1 atom stereocenters. The van der Waals surface area contributed by atoms with E-state index in [4.69, 9.17) is 27.9 Å². The Balaban J connectivity index is 2.22. The van der Waals surface area contributed by atoms with Gasteiger partial charge in [-0.15, -0.1) is 0 Å². The van der Waals surface area contributed by atoms with Crippen LogP contribution in [-0.4, -0.2) is 57.6 Å². The molecule has 2 aromatic rings. The molecule has 0 saturated heterocycles. The predicted molar refractivity (Wildman–Crippen MR) is 149 cm³/mol. The van der Waals surface area contributed by atoms with Gasteiger partial charge in [0.2, 0.25) is 21.8 Å². The van der Waals surface area contributed by atoms with Crippen molar-refractivity contribution in [1.82, 2.24) is 10.2 Å². The lowest BCUT2D eigenvalue weighted by atomic mass is 10.1. The van der Waals surface area contributed by atoms with E-state index in [9.17, 15) is 18.0 Å². The highest BCUT2D eigenvalue weighted by Crippen LogP contribution is 2.25. The Hall–Kier alpha value is -2.49. The van der Waals surface area contributed by atoms with Gasteiger partial charge in [-0.2, -0.15) is 0 Å². The third-order valence-electron chi connectivity index (χ3n) is 5.78. The number of anilines is 1. The van der Waals surface area contributed by atoms with Crippen molar-refractivity contribution < 1.29 is 22.7 Å². The van der Waals surface area contributed by atoms with Crippen molar-refractivity contribution in [3.05, 3.63) is 58.1 Å². The van der Waals surface area contributed by atoms with Crippen LogP contribution in [0.1, 0.15) is 45.1 Å². The van der Waals surface area contributed by atoms with Crippen LogP contribution in [0.3, 0.4) is 0 Å². The molecule has 0 saturated carbocycles. The van der Waals surface area contributed by atoms with Gasteiger partial charge >= 0.3 is 0 Å². The fraction of sp³-hybridized carbons (Fsp3) is 0.462. The third-order valence-corrected chi connectivity index (χ3v) is 7.72. The second-order valence-electron chi connectivity index (χ2n) is 8.62. The summed E-state index contributed by atoms with van der Waals surface area (Å²) in [6.07, 6.45) is 2.64. The minimum atomic E-state index is -3.58. The number of methoxy groups -OCH3 is 1. The predicted octanol–water partition coefficient (Wildman–Crippen LogP) is 4.88. The average molecular weight is 573 g/mol. The number of sulfonamides is 1. The Labute approximate surface area is 229 Å². The zero-order valence-electron chi connectivity index (χ0n) is 21.7. The first-order chi connectivity index (χ1) is 17.5. The lowest BCUT2D eigenvalue weighted by molar-refractivity contribution is -0.141. The van der Waals surface area contributed by atoms with Gasteiger partial charge < -0.3 is 15.0 Å². The topological polar surface area (TPSA) is 96.0 Å². The number of carbonyl (C=O) groups excluding carboxylic acids is 2. The molecule has 0 fully saturated rings. The van der Waals surface area contributed by atoms with Crippen molar-refractivity contribution in [2.24, 2.45) is 0 Å². The third kappa shape index (κ3) is 9.09. The zero-order chi connectivity index (χ0) is 27.6. The van der Waals surface area contributed by atoms with E-state index < -0.39 is 16.1 Å². The molecular formula is C26H35Cl2N3O5S. The largest absolute Gasteiger partial charge is 0.497 e. The number of ether oxygens (including phenoxy) is 1. The van der Waals surface area contributed by atoms with Crippen molar-refractivity contribution in [2.75, 3.05) is 30.8 Å². The van der Waals surface area contributed by atoms with Gasteiger partial charge in [0.25, 0.3) is 0 Å². The van der Waals surface area contributed by atoms with E-state index in [1.165, 1.54) is 16.3 Å². The molecule has 0 unspecified atom stereocenters. The van der Waals surface area contributed by atoms with Crippen LogP contribution in [0.5, 0.6) is 5.75 Å². The lowest BCUT2D eigenvalue weighted by Crippen LogP contribution is -2.49. The molecule has 0 bridgehead atoms. The molecule has 0 aliphatic heterocycles. The molecule has 0 aliphatic rings. The summed E-state index contributed by atoms with van der Waals surface area (Å²) in [6, 6.07) is 11.1. The van der Waals surface area contributed by atoms with E-state index in [0.29, 0.717) is 34.4 Å². The second-order valence-corrected chi connectivity index (χ2v) is 11.3. The molecule has 2 aromatic carbocycles. The number of hydrogen-bond donors (Lipinski definition) is 1. The standard InChI is InChI=1S/C26H35Cl2N3O5S/c1-5-15-29-26(33)24(6-2)30(18-19-9-14-22(27)23(28)17-19)25(32)8-7-16-31(37(4,34)35)20-10-12-21(36-3)13-11-20/h9-14,17,24H,5-8,15-16,18H2,1-4H3,(H,29,33)/t24-/m1/s1. The summed E-state index contributed by atoms with van der Waals surface area (Å²) in [6.45, 7) is 4.59. The fourth-order valence-electron chi connectivity index (χ4n) is 3.87. The summed E-state index contributed by atoms with van der Waals surface area (Å²) in [4.78, 5) is 27.9. The molecule has 11 heteroatoms. The summed E-state index contributed by atoms with van der Waals surface area (Å²) in [5, 5.41) is 3.63. The highest BCUT2D eigenvalue weighted by atomic mass is 35.5. The fourth-order valence-corrected chi connectivity index (χ4v) is 5.16. The number of benzene rings is 2. The monoisotopic (exact) mass is 571 g/mol. The van der Waals surface area contributed by atoms with Crippen LogP contribution in [0, 0.1) is 0 Å². The van der Waals surface area contributed by atoms with Crippen molar-refractivity contribution >= 4 is 50.7 Å². The van der Waals surface area contributed by atoms with Crippen LogP contribution in [0.2, 0.25) is 10.0 Å². The quantitative estimate of drug-likeness (QED) is 0.348. The van der Waals surface area contributed by atoms with Crippen LogP contribution in [0.15, 0.2) is 42.5 Å². The van der Waals surface area contributed by atoms with Gasteiger partial charge in [-0.3, -0.25) is 13.9 Å². The number of hydrogen-bond acceptors (Lipinski definition) is 5. The minimum absolute atomic E-state index is 0.0566. The first-order valence-corrected chi connectivity index (χ1v) is 14.7. The molecular weight excluding hydrogens is 537 g/mol. The molecule has 0 spiro atoms. The van der Waals surface area contributed by atoms with Gasteiger partial charge in [0.15, 0.2) is 0 Å². The molecule has 0 radical (unpaired) electrons. The first-order valence-electron chi connectivity index (χ1n) is 12.1. The van der Waals surface area contributed by atoms with E-state index in [2.05, 4.69) is 5.32 Å². The van der Waals surface area contributed by atoms with Crippen LogP contribution >= 0.6 is 23.2 Å². The normalized spacial score (nSPS) is 12.1. The van der Waals surface area contributed by atoms with Gasteiger partial charge in [0.1, 0.15) is 11.8 Å². The van der Waals surface area contributed by atoms with E-state index in [-0.39, 0.29) is 37.7 Å². The molecule has 1 N–H and O–H groups in total. The highest BCUT2D eigenvalue weighted by Gasteiger charge is 2.29. The maximum Gasteiger partial charge on any atom is 0.242 e. The van der Waals surface area contributed by atoms with Gasteiger partial charge in [0.05, 0.1) is 29.1 Å². The molecule has 0 heterocycles. The number of nitrogens with one attached hydrogen (secondary N) is 1. The van der Waals surface area contributed by atoms with Crippen LogP contribution in [0.4, 0.5) is 5.69 Å². The molecule has 2 amide bonds. The Morgan fingerprint density at radius 3 is 2.27 bits per heavy atom. The van der Waals surface area contributed by atoms with Crippen LogP contribution in [0.25, 0.3) is 0 Å². The number of amides is 2. The Morgan fingerprint density at radius 1 is 1.05 bits per heavy atom. The maximum absolute atomic E-state index is 13.4. The zero-order valence-corrected chi connectivity index (χ0v) is 24.0. The average Bonchev–Trinajstić information content (AvgIpc) is 2.86. The number of halogens is 2. The maximum atomic E-state index is 13.4. The van der Waals surface area contributed by atoms with E-state index in [0.717, 1.165) is 18.2 Å². The molecule has 8 nitrogen and oxygen atoms in total. The van der Waals surface area contributed by atoms with Gasteiger partial charge in [-0.25, -0.2) is 8.42 Å². The summed E-state index contributed by atoms with van der Waals surface area (Å²) >= 11 is 12.2. The first kappa shape index (κ1) is 30.7. The number of nitrogens with zero attached hydrogens (tertiary/aromatic N) is 2. The van der Waals surface area contributed by atoms with Crippen LogP contribution < -0.4 is 14.4 Å². The second kappa shape index (κ2) is 14.4. The molecule has 204 valence electrons. The van der Waals surface area contributed by atoms with E-state index in [1.54, 1.807) is 42.5 Å². The Morgan fingerprint density at radius 2 is 1.73 bits per heavy atom. The lowest BCUT2D eigenvalue weighted by Gasteiger charge is -2.31. The van der Waals surface area contributed by atoms with Crippen molar-refractivity contribution in [3.8, 4) is 5.75 Å². The number of carbonyl (C=O) groups is 2. The summed E-state index contributed by atoms with van der Waals surface area (Å²) in [5.41, 5.74) is 1.22. The van der Waals surface area contributed by atoms with Gasteiger partial charge in [0, 0.05) is 26.1 Å². The molecule has 37 heavy (non-hydrogen) atoms. The molecule has 0 aromatic heterocycles. The van der Waals surface area contributed by atoms with Gasteiger partial charge in [-0.05, 0) is 61.2 Å². The molecule has 2 rings (SSSR count). The Kier molecular flexibility index (Phi) is 12.0. The minimum Gasteiger partial charge on any atom is -0.497 e.